The van der Waals surface area contributed by atoms with Crippen LogP contribution in [0.5, 0.6) is 0 Å². The van der Waals surface area contributed by atoms with Crippen LogP contribution in [0.2, 0.25) is 0 Å². The topological polar surface area (TPSA) is 63.1 Å². The zero-order chi connectivity index (χ0) is 16.5. The molecule has 1 N–H and O–H groups in total. The lowest BCUT2D eigenvalue weighted by Gasteiger charge is -2.28. The van der Waals surface area contributed by atoms with Gasteiger partial charge in [0.2, 0.25) is 5.91 Å². The van der Waals surface area contributed by atoms with Crippen LogP contribution in [-0.2, 0) is 17.9 Å². The fourth-order valence-corrected chi connectivity index (χ4v) is 3.47. The molecule has 0 radical (unpaired) electrons. The van der Waals surface area contributed by atoms with Crippen molar-refractivity contribution in [2.45, 2.75) is 38.9 Å². The highest BCUT2D eigenvalue weighted by atomic mass is 16.2. The summed E-state index contributed by atoms with van der Waals surface area (Å²) < 4.78 is 2.13. The Kier molecular flexibility index (Phi) is 4.06. The Morgan fingerprint density at radius 2 is 2.04 bits per heavy atom. The summed E-state index contributed by atoms with van der Waals surface area (Å²) in [4.78, 5) is 14.7. The minimum atomic E-state index is 0.0976. The van der Waals surface area contributed by atoms with Crippen LogP contribution in [0.4, 0.5) is 0 Å². The first-order valence-corrected chi connectivity index (χ1v) is 8.66. The Labute approximate surface area is 141 Å². The molecule has 0 bridgehead atoms. The van der Waals surface area contributed by atoms with Crippen molar-refractivity contribution in [1.82, 2.24) is 25.0 Å². The fraction of sp³-hybridized carbons (Fsp3) is 0.500. The van der Waals surface area contributed by atoms with Crippen molar-refractivity contribution >= 4 is 5.91 Å². The predicted octanol–water partition coefficient (Wildman–Crippen LogP) is 1.67. The molecule has 0 unspecified atom stereocenters. The lowest BCUT2D eigenvalue weighted by Crippen LogP contribution is -2.42. The van der Waals surface area contributed by atoms with Gasteiger partial charge in [-0.15, -0.1) is 10.2 Å². The maximum Gasteiger partial charge on any atom is 0.234 e. The lowest BCUT2D eigenvalue weighted by atomic mass is 10.0. The third-order valence-corrected chi connectivity index (χ3v) is 4.95. The van der Waals surface area contributed by atoms with Gasteiger partial charge in [0.05, 0.1) is 19.1 Å². The first-order chi connectivity index (χ1) is 11.7. The van der Waals surface area contributed by atoms with Gasteiger partial charge in [-0.25, -0.2) is 0 Å². The predicted molar refractivity (Wildman–Crippen MR) is 90.1 cm³/mol. The molecule has 1 saturated carbocycles. The molecule has 6 heteroatoms. The molecular formula is C18H23N5O. The van der Waals surface area contributed by atoms with Gasteiger partial charge in [-0.3, -0.25) is 9.69 Å². The van der Waals surface area contributed by atoms with Crippen LogP contribution in [0.15, 0.2) is 30.3 Å². The van der Waals surface area contributed by atoms with Gasteiger partial charge in [0, 0.05) is 13.1 Å². The van der Waals surface area contributed by atoms with E-state index >= 15 is 0 Å². The molecule has 6 nitrogen and oxygen atoms in total. The zero-order valence-electron chi connectivity index (χ0n) is 14.0. The van der Waals surface area contributed by atoms with E-state index in [2.05, 4.69) is 37.1 Å². The maximum absolute atomic E-state index is 12.5. The molecule has 0 saturated heterocycles. The second-order valence-corrected chi connectivity index (χ2v) is 6.82. The van der Waals surface area contributed by atoms with Crippen molar-refractivity contribution in [2.24, 2.45) is 5.92 Å². The van der Waals surface area contributed by atoms with Crippen molar-refractivity contribution in [3.8, 4) is 0 Å². The number of fused-ring (bicyclic) bond motifs is 1. The van der Waals surface area contributed by atoms with Crippen LogP contribution in [0.1, 0.15) is 36.1 Å². The van der Waals surface area contributed by atoms with Gasteiger partial charge in [-0.1, -0.05) is 30.3 Å². The summed E-state index contributed by atoms with van der Waals surface area (Å²) in [7, 11) is 0. The monoisotopic (exact) mass is 325 g/mol. The van der Waals surface area contributed by atoms with E-state index in [1.807, 2.05) is 25.1 Å². The van der Waals surface area contributed by atoms with E-state index in [1.165, 1.54) is 18.4 Å². The summed E-state index contributed by atoms with van der Waals surface area (Å²) in [5.74, 6) is 2.59. The van der Waals surface area contributed by atoms with Gasteiger partial charge in [0.1, 0.15) is 11.6 Å². The molecule has 1 aliphatic heterocycles. The maximum atomic E-state index is 12.5. The van der Waals surface area contributed by atoms with E-state index in [4.69, 9.17) is 0 Å². The summed E-state index contributed by atoms with van der Waals surface area (Å²) in [5.41, 5.74) is 1.21. The molecule has 24 heavy (non-hydrogen) atoms. The molecule has 1 atom stereocenters. The second kappa shape index (κ2) is 6.36. The largest absolute Gasteiger partial charge is 0.348 e. The van der Waals surface area contributed by atoms with Crippen molar-refractivity contribution in [2.75, 3.05) is 13.1 Å². The molecule has 1 aromatic heterocycles. The number of hydrogen-bond acceptors (Lipinski definition) is 4. The Morgan fingerprint density at radius 3 is 2.79 bits per heavy atom. The molecule has 1 fully saturated rings. The van der Waals surface area contributed by atoms with Crippen molar-refractivity contribution < 1.29 is 4.79 Å². The standard InChI is InChI=1S/C18H23N5O/c1-13-20-21-16-11-22(9-10-23(13)16)12-17(24)19-18(15-7-8-15)14-5-3-2-4-6-14/h2-6,15,18H,7-12H2,1H3,(H,19,24)/t18-/m1/s1. The molecule has 1 aromatic carbocycles. The molecule has 2 aliphatic rings. The van der Waals surface area contributed by atoms with Gasteiger partial charge >= 0.3 is 0 Å². The summed E-state index contributed by atoms with van der Waals surface area (Å²) in [5, 5.41) is 11.6. The number of carbonyl (C=O) groups is 1. The number of nitrogens with zero attached hydrogens (tertiary/aromatic N) is 4. The highest BCUT2D eigenvalue weighted by Gasteiger charge is 2.33. The van der Waals surface area contributed by atoms with E-state index < -0.39 is 0 Å². The van der Waals surface area contributed by atoms with E-state index in [0.29, 0.717) is 19.0 Å². The minimum Gasteiger partial charge on any atom is -0.348 e. The Balaban J connectivity index is 1.38. The van der Waals surface area contributed by atoms with Gasteiger partial charge in [0.15, 0.2) is 0 Å². The Bertz CT molecular complexity index is 722. The molecule has 126 valence electrons. The van der Waals surface area contributed by atoms with Crippen LogP contribution >= 0.6 is 0 Å². The molecule has 0 spiro atoms. The summed E-state index contributed by atoms with van der Waals surface area (Å²) in [6.45, 7) is 4.79. The van der Waals surface area contributed by atoms with Crippen LogP contribution in [0.25, 0.3) is 0 Å². The Hall–Kier alpha value is -2.21. The van der Waals surface area contributed by atoms with E-state index in [-0.39, 0.29) is 11.9 Å². The summed E-state index contributed by atoms with van der Waals surface area (Å²) in [6.07, 6.45) is 2.40. The highest BCUT2D eigenvalue weighted by molar-refractivity contribution is 5.78. The second-order valence-electron chi connectivity index (χ2n) is 6.82. The third-order valence-electron chi connectivity index (χ3n) is 4.95. The average Bonchev–Trinajstić information content (AvgIpc) is 3.37. The molecule has 2 heterocycles. The Morgan fingerprint density at radius 1 is 1.25 bits per heavy atom. The van der Waals surface area contributed by atoms with Crippen molar-refractivity contribution in [1.29, 1.82) is 0 Å². The first-order valence-electron chi connectivity index (χ1n) is 8.66. The van der Waals surface area contributed by atoms with Gasteiger partial charge in [0.25, 0.3) is 0 Å². The lowest BCUT2D eigenvalue weighted by molar-refractivity contribution is -0.123. The van der Waals surface area contributed by atoms with E-state index in [1.54, 1.807) is 0 Å². The normalized spacial score (nSPS) is 18.9. The number of carbonyl (C=O) groups excluding carboxylic acids is 1. The smallest absolute Gasteiger partial charge is 0.234 e. The number of rotatable bonds is 5. The van der Waals surface area contributed by atoms with Crippen LogP contribution in [0.3, 0.4) is 0 Å². The zero-order valence-corrected chi connectivity index (χ0v) is 14.0. The van der Waals surface area contributed by atoms with Crippen LogP contribution < -0.4 is 5.32 Å². The van der Waals surface area contributed by atoms with Gasteiger partial charge in [-0.05, 0) is 31.2 Å². The number of amides is 1. The number of aryl methyl sites for hydroxylation is 1. The molecule has 4 rings (SSSR count). The van der Waals surface area contributed by atoms with E-state index in [0.717, 1.165) is 24.7 Å². The fourth-order valence-electron chi connectivity index (χ4n) is 3.47. The van der Waals surface area contributed by atoms with Crippen molar-refractivity contribution in [3.05, 3.63) is 47.5 Å². The number of benzene rings is 1. The number of hydrogen-bond donors (Lipinski definition) is 1. The first kappa shape index (κ1) is 15.3. The van der Waals surface area contributed by atoms with Gasteiger partial charge in [-0.2, -0.15) is 0 Å². The number of nitrogens with one attached hydrogen (secondary N) is 1. The summed E-state index contributed by atoms with van der Waals surface area (Å²) in [6, 6.07) is 10.5. The molecule has 2 aromatic rings. The quantitative estimate of drug-likeness (QED) is 0.908. The highest BCUT2D eigenvalue weighted by Crippen LogP contribution is 2.40. The molecular weight excluding hydrogens is 302 g/mol. The number of aromatic nitrogens is 3. The SMILES string of the molecule is Cc1nnc2n1CCN(CC(=O)N[C@H](c1ccccc1)C1CC1)C2. The summed E-state index contributed by atoms with van der Waals surface area (Å²) >= 11 is 0. The van der Waals surface area contributed by atoms with Crippen LogP contribution in [-0.4, -0.2) is 38.7 Å². The van der Waals surface area contributed by atoms with E-state index in [9.17, 15) is 4.79 Å². The van der Waals surface area contributed by atoms with Crippen molar-refractivity contribution in [3.63, 3.8) is 0 Å². The minimum absolute atomic E-state index is 0.0976. The van der Waals surface area contributed by atoms with Crippen LogP contribution in [0, 0.1) is 12.8 Å². The molecule has 1 aliphatic carbocycles. The molecule has 1 amide bonds. The van der Waals surface area contributed by atoms with Gasteiger partial charge < -0.3 is 9.88 Å². The third kappa shape index (κ3) is 3.19. The average molecular weight is 325 g/mol.